The van der Waals surface area contributed by atoms with Gasteiger partial charge in [-0.1, -0.05) is 0 Å². The molecule has 0 radical (unpaired) electrons. The Labute approximate surface area is 137 Å². The van der Waals surface area contributed by atoms with Crippen molar-refractivity contribution >= 4 is 17.1 Å². The van der Waals surface area contributed by atoms with Crippen molar-refractivity contribution in [1.82, 2.24) is 29.2 Å². The van der Waals surface area contributed by atoms with E-state index in [9.17, 15) is 0 Å². The molecule has 0 aromatic carbocycles. The van der Waals surface area contributed by atoms with Crippen LogP contribution in [0.4, 0.5) is 5.95 Å². The van der Waals surface area contributed by atoms with Gasteiger partial charge in [0.15, 0.2) is 5.65 Å². The zero-order chi connectivity index (χ0) is 16.1. The average Bonchev–Trinajstić information content (AvgIpc) is 3.18. The molecular formula is C16H16N8. The molecule has 1 aliphatic rings. The van der Waals surface area contributed by atoms with Crippen molar-refractivity contribution in [1.29, 1.82) is 0 Å². The Morgan fingerprint density at radius 3 is 2.83 bits per heavy atom. The molecule has 8 nitrogen and oxygen atoms in total. The highest BCUT2D eigenvalue weighted by Crippen LogP contribution is 2.25. The van der Waals surface area contributed by atoms with Crippen molar-refractivity contribution in [3.05, 3.63) is 43.0 Å². The van der Waals surface area contributed by atoms with E-state index >= 15 is 0 Å². The van der Waals surface area contributed by atoms with Crippen molar-refractivity contribution in [3.63, 3.8) is 0 Å². The number of fused-ring (bicyclic) bond motifs is 2. The first-order valence-electron chi connectivity index (χ1n) is 7.93. The molecule has 5 rings (SSSR count). The van der Waals surface area contributed by atoms with Gasteiger partial charge in [-0.25, -0.2) is 19.0 Å². The van der Waals surface area contributed by atoms with Gasteiger partial charge in [-0.05, 0) is 31.0 Å². The van der Waals surface area contributed by atoms with Crippen LogP contribution >= 0.6 is 0 Å². The molecule has 24 heavy (non-hydrogen) atoms. The van der Waals surface area contributed by atoms with Gasteiger partial charge in [-0.15, -0.1) is 5.10 Å². The van der Waals surface area contributed by atoms with Crippen LogP contribution in [0.3, 0.4) is 0 Å². The van der Waals surface area contributed by atoms with Crippen molar-refractivity contribution < 1.29 is 0 Å². The Morgan fingerprint density at radius 1 is 1.04 bits per heavy atom. The molecule has 1 saturated carbocycles. The Hall–Kier alpha value is -3.00. The van der Waals surface area contributed by atoms with Gasteiger partial charge >= 0.3 is 0 Å². The highest BCUT2D eigenvalue weighted by atomic mass is 15.3. The van der Waals surface area contributed by atoms with Crippen LogP contribution in [0.1, 0.15) is 12.8 Å². The Kier molecular flexibility index (Phi) is 2.80. The molecule has 120 valence electrons. The minimum Gasteiger partial charge on any atom is -0.350 e. The van der Waals surface area contributed by atoms with Crippen LogP contribution in [0, 0.1) is 0 Å². The lowest BCUT2D eigenvalue weighted by Crippen LogP contribution is -2.44. The van der Waals surface area contributed by atoms with Gasteiger partial charge in [-0.3, -0.25) is 0 Å². The topological polar surface area (TPSA) is 98.4 Å². The van der Waals surface area contributed by atoms with E-state index in [1.165, 1.54) is 0 Å². The maximum atomic E-state index is 5.81. The smallest absolute Gasteiger partial charge is 0.241 e. The summed E-state index contributed by atoms with van der Waals surface area (Å²) in [6, 6.07) is 6.58. The highest BCUT2D eigenvalue weighted by molar-refractivity contribution is 5.78. The number of nitrogens with one attached hydrogen (secondary N) is 1. The molecule has 0 unspecified atom stereocenters. The molecule has 0 saturated heterocycles. The van der Waals surface area contributed by atoms with E-state index in [4.69, 9.17) is 5.73 Å². The highest BCUT2D eigenvalue weighted by Gasteiger charge is 2.26. The SMILES string of the molecule is N[C@H]1C[C@H](Nc2ncc3c(-c4ccc5nccn5n4)ccn3n2)C1. The molecule has 3 N–H and O–H groups in total. The number of rotatable bonds is 3. The number of hydrogen-bond donors (Lipinski definition) is 2. The monoisotopic (exact) mass is 320 g/mol. The van der Waals surface area contributed by atoms with Gasteiger partial charge in [0.05, 0.1) is 17.4 Å². The third kappa shape index (κ3) is 2.11. The molecule has 1 fully saturated rings. The quantitative estimate of drug-likeness (QED) is 0.591. The molecule has 4 aromatic rings. The predicted octanol–water partition coefficient (Wildman–Crippen LogP) is 1.34. The molecule has 0 bridgehead atoms. The Balaban J connectivity index is 1.50. The lowest BCUT2D eigenvalue weighted by molar-refractivity contribution is 0.371. The lowest BCUT2D eigenvalue weighted by Gasteiger charge is -2.32. The second-order valence-electron chi connectivity index (χ2n) is 6.16. The minimum atomic E-state index is 0.300. The summed E-state index contributed by atoms with van der Waals surface area (Å²) in [7, 11) is 0. The second-order valence-corrected chi connectivity index (χ2v) is 6.16. The molecule has 8 heteroatoms. The van der Waals surface area contributed by atoms with Crippen molar-refractivity contribution in [2.24, 2.45) is 5.73 Å². The summed E-state index contributed by atoms with van der Waals surface area (Å²) in [5.41, 5.74) is 9.40. The first kappa shape index (κ1) is 13.4. The summed E-state index contributed by atoms with van der Waals surface area (Å²) in [6.45, 7) is 0. The van der Waals surface area contributed by atoms with Crippen LogP contribution in [0.2, 0.25) is 0 Å². The first-order valence-corrected chi connectivity index (χ1v) is 7.93. The third-order valence-corrected chi connectivity index (χ3v) is 4.46. The summed E-state index contributed by atoms with van der Waals surface area (Å²) in [6.07, 6.45) is 9.24. The molecule has 1 aliphatic carbocycles. The number of anilines is 1. The number of aromatic nitrogens is 6. The normalized spacial score (nSPS) is 20.4. The zero-order valence-electron chi connectivity index (χ0n) is 12.9. The largest absolute Gasteiger partial charge is 0.350 e. The summed E-state index contributed by atoms with van der Waals surface area (Å²) in [5, 5.41) is 12.4. The van der Waals surface area contributed by atoms with E-state index in [2.05, 4.69) is 25.5 Å². The molecule has 4 heterocycles. The average molecular weight is 320 g/mol. The maximum Gasteiger partial charge on any atom is 0.241 e. The van der Waals surface area contributed by atoms with Crippen LogP contribution in [0.25, 0.3) is 22.4 Å². The summed E-state index contributed by atoms with van der Waals surface area (Å²) in [4.78, 5) is 8.65. The van der Waals surface area contributed by atoms with Crippen molar-refractivity contribution in [3.8, 4) is 11.3 Å². The van der Waals surface area contributed by atoms with Crippen LogP contribution < -0.4 is 11.1 Å². The predicted molar refractivity (Wildman–Crippen MR) is 89.6 cm³/mol. The van der Waals surface area contributed by atoms with Gasteiger partial charge in [0.2, 0.25) is 5.95 Å². The van der Waals surface area contributed by atoms with E-state index < -0.39 is 0 Å². The molecular weight excluding hydrogens is 304 g/mol. The van der Waals surface area contributed by atoms with E-state index in [-0.39, 0.29) is 0 Å². The number of nitrogens with two attached hydrogens (primary N) is 1. The van der Waals surface area contributed by atoms with Crippen molar-refractivity contribution in [2.75, 3.05) is 5.32 Å². The first-order chi connectivity index (χ1) is 11.8. The standard InChI is InChI=1S/C16H16N8/c17-10-7-11(8-10)20-16-19-9-14-12(3-5-23(14)22-16)13-1-2-15-18-4-6-24(15)21-13/h1-6,9-11H,7-8,17H2,(H,20,22)/t10-,11-. The van der Waals surface area contributed by atoms with Crippen LogP contribution in [0.5, 0.6) is 0 Å². The summed E-state index contributed by atoms with van der Waals surface area (Å²) < 4.78 is 3.58. The molecule has 0 aliphatic heterocycles. The zero-order valence-corrected chi connectivity index (χ0v) is 12.9. The Morgan fingerprint density at radius 2 is 1.96 bits per heavy atom. The summed E-state index contributed by atoms with van der Waals surface area (Å²) in [5.74, 6) is 0.625. The maximum absolute atomic E-state index is 5.81. The van der Waals surface area contributed by atoms with Gasteiger partial charge < -0.3 is 11.1 Å². The molecule has 4 aromatic heterocycles. The fourth-order valence-corrected chi connectivity index (χ4v) is 3.10. The van der Waals surface area contributed by atoms with Gasteiger partial charge in [-0.2, -0.15) is 5.10 Å². The van der Waals surface area contributed by atoms with Crippen LogP contribution in [-0.4, -0.2) is 41.3 Å². The van der Waals surface area contributed by atoms with Gasteiger partial charge in [0.1, 0.15) is 0 Å². The Bertz CT molecular complexity index is 1030. The van der Waals surface area contributed by atoms with E-state index in [0.29, 0.717) is 18.0 Å². The molecule has 0 atom stereocenters. The van der Waals surface area contributed by atoms with E-state index in [0.717, 1.165) is 35.3 Å². The second kappa shape index (κ2) is 5.00. The minimum absolute atomic E-state index is 0.300. The van der Waals surface area contributed by atoms with Crippen LogP contribution in [-0.2, 0) is 0 Å². The fraction of sp³-hybridized carbons (Fsp3) is 0.250. The number of imidazole rings is 1. The van der Waals surface area contributed by atoms with Gasteiger partial charge in [0, 0.05) is 36.2 Å². The lowest BCUT2D eigenvalue weighted by atomic mass is 9.88. The number of hydrogen-bond acceptors (Lipinski definition) is 6. The van der Waals surface area contributed by atoms with Gasteiger partial charge in [0.25, 0.3) is 0 Å². The number of nitrogens with zero attached hydrogens (tertiary/aromatic N) is 6. The summed E-state index contributed by atoms with van der Waals surface area (Å²) >= 11 is 0. The van der Waals surface area contributed by atoms with Crippen molar-refractivity contribution in [2.45, 2.75) is 24.9 Å². The fourth-order valence-electron chi connectivity index (χ4n) is 3.10. The molecule has 0 spiro atoms. The third-order valence-electron chi connectivity index (χ3n) is 4.46. The van der Waals surface area contributed by atoms with E-state index in [1.54, 1.807) is 10.7 Å². The molecule has 0 amide bonds. The van der Waals surface area contributed by atoms with E-state index in [1.807, 2.05) is 41.3 Å². The van der Waals surface area contributed by atoms with Crippen LogP contribution in [0.15, 0.2) is 43.0 Å².